The van der Waals surface area contributed by atoms with Crippen LogP contribution in [0, 0.1) is 13.8 Å². The van der Waals surface area contributed by atoms with E-state index in [1.165, 1.54) is 11.8 Å². The minimum atomic E-state index is -0.374. The molecule has 2 aromatic rings. The van der Waals surface area contributed by atoms with Gasteiger partial charge in [0.05, 0.1) is 18.0 Å². The van der Waals surface area contributed by atoms with Crippen LogP contribution in [0.15, 0.2) is 29.4 Å². The third-order valence-electron chi connectivity index (χ3n) is 3.12. The van der Waals surface area contributed by atoms with Crippen LogP contribution in [0.2, 0.25) is 0 Å². The Balaban J connectivity index is 2.09. The van der Waals surface area contributed by atoms with Crippen LogP contribution in [-0.4, -0.2) is 28.2 Å². The third kappa shape index (κ3) is 4.59. The number of nitrogen functional groups attached to an aromatic ring is 1. The standard InChI is InChI=1S/C16H20N4O2S/c1-9-5-6-13(22-4)12(7-9)19-15(21)11(3)23-16-18-10(2)8-14(17)20-16/h5-8,11H,1-4H3,(H,19,21)(H2,17,18,20)/t11-/m0/s1. The number of amides is 1. The minimum absolute atomic E-state index is 0.150. The Morgan fingerprint density at radius 3 is 2.70 bits per heavy atom. The SMILES string of the molecule is COc1ccc(C)cc1NC(=O)[C@H](C)Sc1nc(C)cc(N)n1. The number of carbonyl (C=O) groups is 1. The molecular weight excluding hydrogens is 312 g/mol. The molecule has 0 radical (unpaired) electrons. The van der Waals surface area contributed by atoms with Crippen LogP contribution in [0.5, 0.6) is 5.75 Å². The van der Waals surface area contributed by atoms with E-state index in [-0.39, 0.29) is 11.2 Å². The first-order chi connectivity index (χ1) is 10.9. The lowest BCUT2D eigenvalue weighted by Crippen LogP contribution is -2.23. The number of nitrogens with zero attached hydrogens (tertiary/aromatic N) is 2. The highest BCUT2D eigenvalue weighted by molar-refractivity contribution is 8.00. The molecule has 6 nitrogen and oxygen atoms in total. The fraction of sp³-hybridized carbons (Fsp3) is 0.312. The van der Waals surface area contributed by atoms with Crippen molar-refractivity contribution in [3.8, 4) is 5.75 Å². The number of hydrogen-bond donors (Lipinski definition) is 2. The maximum absolute atomic E-state index is 12.4. The number of carbonyl (C=O) groups excluding carboxylic acids is 1. The predicted molar refractivity (Wildman–Crippen MR) is 92.9 cm³/mol. The number of aryl methyl sites for hydroxylation is 2. The molecule has 0 aliphatic carbocycles. The monoisotopic (exact) mass is 332 g/mol. The molecule has 1 atom stereocenters. The summed E-state index contributed by atoms with van der Waals surface area (Å²) in [5.41, 5.74) is 8.17. The van der Waals surface area contributed by atoms with Gasteiger partial charge in [-0.15, -0.1) is 0 Å². The molecule has 0 spiro atoms. The van der Waals surface area contributed by atoms with Crippen molar-refractivity contribution in [1.82, 2.24) is 9.97 Å². The van der Waals surface area contributed by atoms with Gasteiger partial charge in [0.15, 0.2) is 5.16 Å². The van der Waals surface area contributed by atoms with Gasteiger partial charge in [0, 0.05) is 11.8 Å². The Kier molecular flexibility index (Phi) is 5.44. The zero-order chi connectivity index (χ0) is 17.0. The van der Waals surface area contributed by atoms with Crippen LogP contribution in [-0.2, 0) is 4.79 Å². The average Bonchev–Trinajstić information content (AvgIpc) is 2.46. The van der Waals surface area contributed by atoms with Crippen molar-refractivity contribution in [2.75, 3.05) is 18.2 Å². The fourth-order valence-corrected chi connectivity index (χ4v) is 2.82. The molecule has 1 aromatic carbocycles. The number of hydrogen-bond acceptors (Lipinski definition) is 6. The van der Waals surface area contributed by atoms with Gasteiger partial charge < -0.3 is 15.8 Å². The summed E-state index contributed by atoms with van der Waals surface area (Å²) >= 11 is 1.26. The van der Waals surface area contributed by atoms with Gasteiger partial charge >= 0.3 is 0 Å². The lowest BCUT2D eigenvalue weighted by molar-refractivity contribution is -0.115. The van der Waals surface area contributed by atoms with E-state index in [4.69, 9.17) is 10.5 Å². The molecule has 7 heteroatoms. The highest BCUT2D eigenvalue weighted by Gasteiger charge is 2.18. The summed E-state index contributed by atoms with van der Waals surface area (Å²) in [7, 11) is 1.57. The number of rotatable bonds is 5. The highest BCUT2D eigenvalue weighted by Crippen LogP contribution is 2.27. The van der Waals surface area contributed by atoms with E-state index in [9.17, 15) is 4.79 Å². The van der Waals surface area contributed by atoms with E-state index < -0.39 is 0 Å². The van der Waals surface area contributed by atoms with Gasteiger partial charge in [0.25, 0.3) is 0 Å². The molecule has 0 saturated heterocycles. The van der Waals surface area contributed by atoms with E-state index in [1.807, 2.05) is 32.0 Å². The number of methoxy groups -OCH3 is 1. The van der Waals surface area contributed by atoms with Gasteiger partial charge in [0.1, 0.15) is 11.6 Å². The molecule has 23 heavy (non-hydrogen) atoms. The molecule has 1 heterocycles. The number of thioether (sulfide) groups is 1. The van der Waals surface area contributed by atoms with Gasteiger partial charge in [-0.05, 0) is 38.5 Å². The number of anilines is 2. The van der Waals surface area contributed by atoms with Crippen LogP contribution in [0.25, 0.3) is 0 Å². The Hall–Kier alpha value is -2.28. The first-order valence-corrected chi connectivity index (χ1v) is 8.00. The molecule has 3 N–H and O–H groups in total. The second-order valence-corrected chi connectivity index (χ2v) is 6.48. The van der Waals surface area contributed by atoms with Gasteiger partial charge in [-0.25, -0.2) is 9.97 Å². The number of benzene rings is 1. The van der Waals surface area contributed by atoms with Crippen molar-refractivity contribution >= 4 is 29.2 Å². The summed E-state index contributed by atoms with van der Waals surface area (Å²) in [6, 6.07) is 7.31. The van der Waals surface area contributed by atoms with Crippen molar-refractivity contribution in [1.29, 1.82) is 0 Å². The molecule has 0 bridgehead atoms. The van der Waals surface area contributed by atoms with Crippen molar-refractivity contribution in [2.24, 2.45) is 0 Å². The largest absolute Gasteiger partial charge is 0.495 e. The van der Waals surface area contributed by atoms with Gasteiger partial charge in [0.2, 0.25) is 5.91 Å². The summed E-state index contributed by atoms with van der Waals surface area (Å²) < 4.78 is 5.27. The van der Waals surface area contributed by atoms with E-state index in [0.29, 0.717) is 22.4 Å². The van der Waals surface area contributed by atoms with Gasteiger partial charge in [-0.1, -0.05) is 17.8 Å². The molecule has 1 aromatic heterocycles. The van der Waals surface area contributed by atoms with Crippen molar-refractivity contribution in [3.63, 3.8) is 0 Å². The van der Waals surface area contributed by atoms with Crippen LogP contribution in [0.4, 0.5) is 11.5 Å². The molecule has 2 rings (SSSR count). The second kappa shape index (κ2) is 7.32. The predicted octanol–water partition coefficient (Wildman–Crippen LogP) is 2.80. The lowest BCUT2D eigenvalue weighted by atomic mass is 10.2. The van der Waals surface area contributed by atoms with E-state index in [2.05, 4.69) is 15.3 Å². The lowest BCUT2D eigenvalue weighted by Gasteiger charge is -2.14. The number of aromatic nitrogens is 2. The van der Waals surface area contributed by atoms with E-state index in [0.717, 1.165) is 11.3 Å². The average molecular weight is 332 g/mol. The summed E-state index contributed by atoms with van der Waals surface area (Å²) in [5.74, 6) is 0.868. The smallest absolute Gasteiger partial charge is 0.237 e. The Morgan fingerprint density at radius 1 is 1.30 bits per heavy atom. The summed E-state index contributed by atoms with van der Waals surface area (Å²) in [4.78, 5) is 20.8. The minimum Gasteiger partial charge on any atom is -0.495 e. The van der Waals surface area contributed by atoms with Gasteiger partial charge in [-0.3, -0.25) is 4.79 Å². The molecule has 0 aliphatic rings. The quantitative estimate of drug-likeness (QED) is 0.646. The fourth-order valence-electron chi connectivity index (χ4n) is 1.98. The van der Waals surface area contributed by atoms with E-state index >= 15 is 0 Å². The van der Waals surface area contributed by atoms with Gasteiger partial charge in [-0.2, -0.15) is 0 Å². The summed E-state index contributed by atoms with van der Waals surface area (Å²) in [6.07, 6.45) is 0. The third-order valence-corrected chi connectivity index (χ3v) is 4.08. The maximum atomic E-state index is 12.4. The van der Waals surface area contributed by atoms with Crippen molar-refractivity contribution < 1.29 is 9.53 Å². The first-order valence-electron chi connectivity index (χ1n) is 7.12. The molecule has 0 saturated carbocycles. The number of nitrogens with two attached hydrogens (primary N) is 1. The van der Waals surface area contributed by atoms with Crippen LogP contribution < -0.4 is 15.8 Å². The Bertz CT molecular complexity index is 701. The summed E-state index contributed by atoms with van der Waals surface area (Å²) in [5, 5.41) is 2.99. The molecular formula is C16H20N4O2S. The normalized spacial score (nSPS) is 11.8. The highest BCUT2D eigenvalue weighted by atomic mass is 32.2. The number of nitrogens with one attached hydrogen (secondary N) is 1. The maximum Gasteiger partial charge on any atom is 0.237 e. The zero-order valence-electron chi connectivity index (χ0n) is 13.6. The zero-order valence-corrected chi connectivity index (χ0v) is 14.4. The van der Waals surface area contributed by atoms with Crippen molar-refractivity contribution in [3.05, 3.63) is 35.5 Å². The van der Waals surface area contributed by atoms with Crippen LogP contribution in [0.1, 0.15) is 18.2 Å². The molecule has 0 aliphatic heterocycles. The number of ether oxygens (including phenoxy) is 1. The topological polar surface area (TPSA) is 90.1 Å². The van der Waals surface area contributed by atoms with Crippen molar-refractivity contribution in [2.45, 2.75) is 31.2 Å². The first kappa shape index (κ1) is 17.1. The second-order valence-electron chi connectivity index (χ2n) is 5.17. The Labute approximate surface area is 139 Å². The summed E-state index contributed by atoms with van der Waals surface area (Å²) in [6.45, 7) is 5.59. The van der Waals surface area contributed by atoms with Crippen LogP contribution >= 0.6 is 11.8 Å². The van der Waals surface area contributed by atoms with Crippen LogP contribution in [0.3, 0.4) is 0 Å². The van der Waals surface area contributed by atoms with E-state index in [1.54, 1.807) is 20.1 Å². The Morgan fingerprint density at radius 2 is 2.04 bits per heavy atom. The molecule has 122 valence electrons. The molecule has 0 fully saturated rings. The molecule has 0 unspecified atom stereocenters. The molecule has 1 amide bonds.